The standard InChI is InChI=1S/C23H19BrN2O4S/c1-3-30-22(29)19-13(2)25-23-26(20(19)15-7-5-4-6-8-15)21(28)18(31-23)12-14-9-10-17(27)16(24)11-14/h4-12,20,27H,3H2,1-2H3/t20-/m0/s1. The van der Waals surface area contributed by atoms with Gasteiger partial charge in [0.05, 0.1) is 32.9 Å². The molecule has 0 saturated heterocycles. The molecule has 2 aromatic carbocycles. The predicted molar refractivity (Wildman–Crippen MR) is 123 cm³/mol. The summed E-state index contributed by atoms with van der Waals surface area (Å²) in [7, 11) is 0. The van der Waals surface area contributed by atoms with Gasteiger partial charge < -0.3 is 9.84 Å². The lowest BCUT2D eigenvalue weighted by molar-refractivity contribution is -0.139. The normalized spacial score (nSPS) is 16.1. The zero-order chi connectivity index (χ0) is 22.1. The first-order valence-electron chi connectivity index (χ1n) is 9.64. The van der Waals surface area contributed by atoms with Crippen LogP contribution in [-0.4, -0.2) is 22.2 Å². The maximum Gasteiger partial charge on any atom is 0.338 e. The van der Waals surface area contributed by atoms with Crippen molar-refractivity contribution in [2.24, 2.45) is 4.99 Å². The van der Waals surface area contributed by atoms with Crippen molar-refractivity contribution >= 4 is 39.3 Å². The Morgan fingerprint density at radius 3 is 2.71 bits per heavy atom. The third kappa shape index (κ3) is 4.00. The SMILES string of the molecule is CCOC(=O)C1=C(C)N=c2sc(=Cc3ccc(O)c(Br)c3)c(=O)n2[C@H]1c1ccccc1. The molecule has 0 amide bonds. The van der Waals surface area contributed by atoms with Crippen molar-refractivity contribution in [3.05, 3.63) is 95.1 Å². The number of phenols is 1. The average molecular weight is 499 g/mol. The molecule has 3 aromatic rings. The molecule has 0 fully saturated rings. The van der Waals surface area contributed by atoms with Crippen molar-refractivity contribution in [3.8, 4) is 5.75 Å². The Bertz CT molecular complexity index is 1370. The average Bonchev–Trinajstić information content (AvgIpc) is 3.05. The highest BCUT2D eigenvalue weighted by Crippen LogP contribution is 2.30. The van der Waals surface area contributed by atoms with Gasteiger partial charge in [-0.05, 0) is 59.1 Å². The van der Waals surface area contributed by atoms with E-state index in [-0.39, 0.29) is 17.9 Å². The van der Waals surface area contributed by atoms with E-state index in [2.05, 4.69) is 20.9 Å². The van der Waals surface area contributed by atoms with Crippen LogP contribution in [0.15, 0.2) is 74.1 Å². The van der Waals surface area contributed by atoms with Crippen molar-refractivity contribution in [2.45, 2.75) is 19.9 Å². The number of ether oxygens (including phenoxy) is 1. The van der Waals surface area contributed by atoms with Crippen LogP contribution in [0.2, 0.25) is 0 Å². The van der Waals surface area contributed by atoms with E-state index in [0.29, 0.717) is 25.1 Å². The van der Waals surface area contributed by atoms with Gasteiger partial charge in [0.15, 0.2) is 4.80 Å². The molecule has 6 nitrogen and oxygen atoms in total. The van der Waals surface area contributed by atoms with Crippen molar-refractivity contribution in [2.75, 3.05) is 6.61 Å². The number of carbonyl (C=O) groups is 1. The van der Waals surface area contributed by atoms with Gasteiger partial charge in [-0.3, -0.25) is 9.36 Å². The van der Waals surface area contributed by atoms with Gasteiger partial charge in [0.2, 0.25) is 0 Å². The molecule has 1 atom stereocenters. The highest BCUT2D eigenvalue weighted by molar-refractivity contribution is 9.10. The van der Waals surface area contributed by atoms with Crippen LogP contribution in [0.3, 0.4) is 0 Å². The van der Waals surface area contributed by atoms with Crippen molar-refractivity contribution in [3.63, 3.8) is 0 Å². The van der Waals surface area contributed by atoms with E-state index < -0.39 is 12.0 Å². The predicted octanol–water partition coefficient (Wildman–Crippen LogP) is 3.27. The molecule has 158 valence electrons. The van der Waals surface area contributed by atoms with E-state index in [1.807, 2.05) is 30.3 Å². The zero-order valence-electron chi connectivity index (χ0n) is 16.8. The van der Waals surface area contributed by atoms with E-state index in [0.717, 1.165) is 11.1 Å². The molecule has 1 aliphatic rings. The van der Waals surface area contributed by atoms with Crippen LogP contribution in [-0.2, 0) is 9.53 Å². The van der Waals surface area contributed by atoms with Gasteiger partial charge in [-0.2, -0.15) is 0 Å². The number of aromatic hydroxyl groups is 1. The van der Waals surface area contributed by atoms with Gasteiger partial charge in [-0.15, -0.1) is 0 Å². The minimum atomic E-state index is -0.620. The third-order valence-electron chi connectivity index (χ3n) is 4.90. The van der Waals surface area contributed by atoms with Crippen LogP contribution in [0.25, 0.3) is 6.08 Å². The molecule has 4 rings (SSSR count). The number of aromatic nitrogens is 1. The van der Waals surface area contributed by atoms with E-state index in [1.54, 1.807) is 42.7 Å². The van der Waals surface area contributed by atoms with Gasteiger partial charge >= 0.3 is 5.97 Å². The monoisotopic (exact) mass is 498 g/mol. The molecule has 0 spiro atoms. The molecule has 0 radical (unpaired) electrons. The first-order chi connectivity index (χ1) is 14.9. The molecule has 1 aromatic heterocycles. The fourth-order valence-corrected chi connectivity index (χ4v) is 4.95. The smallest absolute Gasteiger partial charge is 0.338 e. The van der Waals surface area contributed by atoms with Crippen LogP contribution in [0.1, 0.15) is 31.0 Å². The highest BCUT2D eigenvalue weighted by atomic mass is 79.9. The van der Waals surface area contributed by atoms with Crippen molar-refractivity contribution < 1.29 is 14.6 Å². The molecule has 1 aliphatic heterocycles. The number of hydrogen-bond acceptors (Lipinski definition) is 6. The second-order valence-corrected chi connectivity index (χ2v) is 8.79. The first kappa shape index (κ1) is 21.3. The van der Waals surface area contributed by atoms with Crippen LogP contribution >= 0.6 is 27.3 Å². The van der Waals surface area contributed by atoms with Crippen LogP contribution in [0, 0.1) is 0 Å². The Balaban J connectivity index is 1.95. The Hall–Kier alpha value is -2.97. The number of rotatable bonds is 4. The molecule has 0 unspecified atom stereocenters. The van der Waals surface area contributed by atoms with Crippen molar-refractivity contribution in [1.82, 2.24) is 4.57 Å². The number of hydrogen-bond donors (Lipinski definition) is 1. The maximum absolute atomic E-state index is 13.4. The Labute approximate surface area is 190 Å². The Morgan fingerprint density at radius 2 is 2.03 bits per heavy atom. The third-order valence-corrected chi connectivity index (χ3v) is 6.52. The summed E-state index contributed by atoms with van der Waals surface area (Å²) >= 11 is 4.56. The summed E-state index contributed by atoms with van der Waals surface area (Å²) in [4.78, 5) is 31.3. The van der Waals surface area contributed by atoms with Crippen LogP contribution in [0.5, 0.6) is 5.75 Å². The lowest BCUT2D eigenvalue weighted by atomic mass is 9.96. The molecule has 0 saturated carbocycles. The second-order valence-electron chi connectivity index (χ2n) is 6.92. The Morgan fingerprint density at radius 1 is 1.29 bits per heavy atom. The maximum atomic E-state index is 13.4. The minimum Gasteiger partial charge on any atom is -0.507 e. The summed E-state index contributed by atoms with van der Waals surface area (Å²) in [6.07, 6.45) is 1.75. The first-order valence-corrected chi connectivity index (χ1v) is 11.2. The fourth-order valence-electron chi connectivity index (χ4n) is 3.51. The number of allylic oxidation sites excluding steroid dienone is 1. The number of halogens is 1. The van der Waals surface area contributed by atoms with Gasteiger partial charge in [-0.25, -0.2) is 9.79 Å². The van der Waals surface area contributed by atoms with E-state index in [1.165, 1.54) is 11.3 Å². The number of carbonyl (C=O) groups excluding carboxylic acids is 1. The van der Waals surface area contributed by atoms with Gasteiger partial charge in [-0.1, -0.05) is 47.7 Å². The molecule has 0 bridgehead atoms. The lowest BCUT2D eigenvalue weighted by Crippen LogP contribution is -2.39. The minimum absolute atomic E-state index is 0.123. The van der Waals surface area contributed by atoms with Crippen LogP contribution in [0.4, 0.5) is 0 Å². The van der Waals surface area contributed by atoms with E-state index >= 15 is 0 Å². The summed E-state index contributed by atoms with van der Waals surface area (Å²) in [6.45, 7) is 3.74. The highest BCUT2D eigenvalue weighted by Gasteiger charge is 2.33. The van der Waals surface area contributed by atoms with Gasteiger partial charge in [0.1, 0.15) is 5.75 Å². The van der Waals surface area contributed by atoms with E-state index in [9.17, 15) is 14.7 Å². The number of thiazole rings is 1. The number of phenolic OH excluding ortho intramolecular Hbond substituents is 1. The molecule has 31 heavy (non-hydrogen) atoms. The van der Waals surface area contributed by atoms with Gasteiger partial charge in [0, 0.05) is 0 Å². The quantitative estimate of drug-likeness (QED) is 0.559. The number of esters is 1. The number of nitrogens with zero attached hydrogens (tertiary/aromatic N) is 2. The summed E-state index contributed by atoms with van der Waals surface area (Å²) in [5, 5.41) is 9.72. The topological polar surface area (TPSA) is 80.9 Å². The summed E-state index contributed by atoms with van der Waals surface area (Å²) in [5.74, 6) is -0.355. The zero-order valence-corrected chi connectivity index (χ0v) is 19.2. The molecule has 8 heteroatoms. The number of benzene rings is 2. The molecular formula is C23H19BrN2O4S. The summed E-state index contributed by atoms with van der Waals surface area (Å²) in [6, 6.07) is 13.8. The van der Waals surface area contributed by atoms with Crippen molar-refractivity contribution in [1.29, 1.82) is 0 Å². The molecular weight excluding hydrogens is 480 g/mol. The molecule has 1 N–H and O–H groups in total. The van der Waals surface area contributed by atoms with E-state index in [4.69, 9.17) is 4.74 Å². The second kappa shape index (κ2) is 8.64. The summed E-state index contributed by atoms with van der Waals surface area (Å²) in [5.41, 5.74) is 2.22. The number of fused-ring (bicyclic) bond motifs is 1. The lowest BCUT2D eigenvalue weighted by Gasteiger charge is -2.24. The van der Waals surface area contributed by atoms with Gasteiger partial charge in [0.25, 0.3) is 5.56 Å². The summed E-state index contributed by atoms with van der Waals surface area (Å²) < 4.78 is 7.86. The molecule has 2 heterocycles. The Kier molecular flexibility index (Phi) is 5.93. The van der Waals surface area contributed by atoms with Crippen LogP contribution < -0.4 is 14.9 Å². The molecule has 0 aliphatic carbocycles. The fraction of sp³-hybridized carbons (Fsp3) is 0.174. The largest absolute Gasteiger partial charge is 0.507 e.